The van der Waals surface area contributed by atoms with Gasteiger partial charge in [-0.25, -0.2) is 0 Å². The van der Waals surface area contributed by atoms with E-state index in [4.69, 9.17) is 16.2 Å². The third-order valence-corrected chi connectivity index (χ3v) is 4.76. The third kappa shape index (κ3) is 6.11. The van der Waals surface area contributed by atoms with Crippen molar-refractivity contribution in [2.45, 2.75) is 24.7 Å². The molecule has 0 saturated carbocycles. The quantitative estimate of drug-likeness (QED) is 0.246. The molecule has 0 saturated heterocycles. The molecule has 0 atom stereocenters. The summed E-state index contributed by atoms with van der Waals surface area (Å²) in [5.41, 5.74) is 1.71. The molecule has 0 radical (unpaired) electrons. The first kappa shape index (κ1) is 28.6. The van der Waals surface area contributed by atoms with Crippen molar-refractivity contribution in [3.05, 3.63) is 70.8 Å². The number of halogens is 12. The lowest BCUT2D eigenvalue weighted by atomic mass is 10.1. The molecule has 16 heteroatoms. The first-order valence-electron chi connectivity index (χ1n) is 9.80. The maximum atomic E-state index is 14.1. The van der Waals surface area contributed by atoms with Gasteiger partial charge in [0.15, 0.2) is 5.75 Å². The Morgan fingerprint density at radius 1 is 0.447 bits per heavy atom. The van der Waals surface area contributed by atoms with Crippen LogP contribution in [0.5, 0.6) is 23.0 Å². The summed E-state index contributed by atoms with van der Waals surface area (Å²) in [6.45, 7) is 0. The van der Waals surface area contributed by atoms with E-state index in [0.717, 1.165) is 6.07 Å². The molecule has 3 aromatic rings. The van der Waals surface area contributed by atoms with Crippen LogP contribution in [0, 0.1) is 0 Å². The molecule has 0 aromatic heterocycles. The van der Waals surface area contributed by atoms with Crippen molar-refractivity contribution in [2.24, 2.45) is 0 Å². The summed E-state index contributed by atoms with van der Waals surface area (Å²) in [6, 6.07) is 2.79. The van der Waals surface area contributed by atoms with Crippen LogP contribution in [0.3, 0.4) is 0 Å². The van der Waals surface area contributed by atoms with E-state index < -0.39 is 81.3 Å². The number of nitrogen functional groups attached to an aromatic ring is 2. The van der Waals surface area contributed by atoms with Crippen molar-refractivity contribution in [3.8, 4) is 23.0 Å². The Kier molecular flexibility index (Phi) is 7.07. The first-order valence-corrected chi connectivity index (χ1v) is 9.80. The molecule has 0 amide bonds. The lowest BCUT2D eigenvalue weighted by Gasteiger charge is -2.23. The van der Waals surface area contributed by atoms with E-state index in [1.165, 1.54) is 0 Å². The van der Waals surface area contributed by atoms with Crippen LogP contribution in [-0.4, -0.2) is 0 Å². The number of nitrogens with two attached hydrogens (primary N) is 2. The van der Waals surface area contributed by atoms with Gasteiger partial charge in [-0.05, 0) is 36.4 Å². The van der Waals surface area contributed by atoms with Gasteiger partial charge in [0, 0.05) is 23.5 Å². The number of hydrogen-bond acceptors (Lipinski definition) is 4. The van der Waals surface area contributed by atoms with Crippen LogP contribution in [0.25, 0.3) is 0 Å². The largest absolute Gasteiger partial charge is 0.456 e. The minimum atomic E-state index is -5.84. The highest BCUT2D eigenvalue weighted by Crippen LogP contribution is 2.52. The van der Waals surface area contributed by atoms with Crippen molar-refractivity contribution in [2.75, 3.05) is 11.5 Å². The molecule has 0 aliphatic heterocycles. The first-order chi connectivity index (χ1) is 17.2. The zero-order chi connectivity index (χ0) is 28.8. The second-order valence-corrected chi connectivity index (χ2v) is 7.52. The molecule has 0 bridgehead atoms. The van der Waals surface area contributed by atoms with Gasteiger partial charge in [-0.2, -0.15) is 52.7 Å². The molecule has 4 nitrogen and oxygen atoms in total. The number of rotatable bonds is 4. The normalized spacial score (nSPS) is 12.9. The van der Waals surface area contributed by atoms with E-state index in [0.29, 0.717) is 24.3 Å². The summed E-state index contributed by atoms with van der Waals surface area (Å²) in [4.78, 5) is 0. The summed E-state index contributed by atoms with van der Waals surface area (Å²) >= 11 is 0. The summed E-state index contributed by atoms with van der Waals surface area (Å²) in [5.74, 6) is -6.72. The Bertz CT molecular complexity index is 1340. The summed E-state index contributed by atoms with van der Waals surface area (Å²) < 4.78 is 173. The second-order valence-electron chi connectivity index (χ2n) is 7.52. The van der Waals surface area contributed by atoms with Crippen LogP contribution >= 0.6 is 0 Å². The number of anilines is 2. The van der Waals surface area contributed by atoms with E-state index in [1.54, 1.807) is 0 Å². The van der Waals surface area contributed by atoms with E-state index in [1.807, 2.05) is 0 Å². The molecule has 0 aliphatic rings. The smallest absolute Gasteiger partial charge is 0.423 e. The van der Waals surface area contributed by atoms with Crippen molar-refractivity contribution >= 4 is 11.4 Å². The molecule has 206 valence electrons. The predicted octanol–water partition coefficient (Wildman–Crippen LogP) is 8.51. The van der Waals surface area contributed by atoms with E-state index >= 15 is 0 Å². The Morgan fingerprint density at radius 3 is 1.24 bits per heavy atom. The minimum absolute atomic E-state index is 0.0475. The third-order valence-electron chi connectivity index (χ3n) is 4.76. The Hall–Kier alpha value is -3.98. The highest BCUT2D eigenvalue weighted by Gasteiger charge is 2.46. The van der Waals surface area contributed by atoms with Gasteiger partial charge in [-0.3, -0.25) is 0 Å². The van der Waals surface area contributed by atoms with Crippen molar-refractivity contribution in [1.29, 1.82) is 0 Å². The monoisotopic (exact) mass is 564 g/mol. The molecule has 0 fully saturated rings. The molecular formula is C22H12F12N2O2. The molecule has 4 N–H and O–H groups in total. The lowest BCUT2D eigenvalue weighted by molar-refractivity contribution is -0.145. The zero-order valence-electron chi connectivity index (χ0n) is 18.1. The SMILES string of the molecule is Nc1ccc(C(F)(F)F)c(Oc2ccc(C(F)(F)F)c(Oc3cc(N)ccc3C(F)(F)F)c2C(F)(F)F)c1. The second kappa shape index (κ2) is 9.40. The molecule has 3 rings (SSSR count). The van der Waals surface area contributed by atoms with Gasteiger partial charge < -0.3 is 20.9 Å². The molecule has 0 heterocycles. The van der Waals surface area contributed by atoms with Crippen molar-refractivity contribution in [1.82, 2.24) is 0 Å². The van der Waals surface area contributed by atoms with Crippen LogP contribution in [-0.2, 0) is 24.7 Å². The number of benzene rings is 3. The van der Waals surface area contributed by atoms with Crippen LogP contribution in [0.15, 0.2) is 48.5 Å². The average Bonchev–Trinajstić information content (AvgIpc) is 2.70. The number of alkyl halides is 12. The average molecular weight is 564 g/mol. The summed E-state index contributed by atoms with van der Waals surface area (Å²) in [5, 5.41) is 0. The van der Waals surface area contributed by atoms with Gasteiger partial charge in [-0.15, -0.1) is 0 Å². The zero-order valence-corrected chi connectivity index (χ0v) is 18.1. The topological polar surface area (TPSA) is 70.5 Å². The standard InChI is InChI=1S/C22H12F12N2O2/c23-19(24,25)11-3-1-9(35)7-15(11)37-14-6-5-13(21(29,30)31)18(17(14)22(32,33)34)38-16-8-10(36)2-4-12(16)20(26,27)28/h1-8H,35-36H2. The van der Waals surface area contributed by atoms with Gasteiger partial charge in [0.25, 0.3) is 0 Å². The van der Waals surface area contributed by atoms with E-state index in [-0.39, 0.29) is 18.2 Å². The predicted molar refractivity (Wildman–Crippen MR) is 108 cm³/mol. The van der Waals surface area contributed by atoms with Crippen molar-refractivity contribution < 1.29 is 62.2 Å². The maximum Gasteiger partial charge on any atom is 0.423 e. The van der Waals surface area contributed by atoms with Crippen LogP contribution in [0.4, 0.5) is 64.1 Å². The highest BCUT2D eigenvalue weighted by molar-refractivity contribution is 5.59. The van der Waals surface area contributed by atoms with Crippen LogP contribution < -0.4 is 20.9 Å². The molecular weight excluding hydrogens is 552 g/mol. The molecule has 3 aromatic carbocycles. The molecule has 0 aliphatic carbocycles. The summed E-state index contributed by atoms with van der Waals surface area (Å²) in [7, 11) is 0. The highest BCUT2D eigenvalue weighted by atomic mass is 19.4. The fraction of sp³-hybridized carbons (Fsp3) is 0.182. The molecule has 0 spiro atoms. The number of hydrogen-bond donors (Lipinski definition) is 2. The Balaban J connectivity index is 2.34. The molecule has 38 heavy (non-hydrogen) atoms. The van der Waals surface area contributed by atoms with Gasteiger partial charge in [0.2, 0.25) is 0 Å². The van der Waals surface area contributed by atoms with Gasteiger partial charge in [0.1, 0.15) is 22.8 Å². The van der Waals surface area contributed by atoms with Crippen molar-refractivity contribution in [3.63, 3.8) is 0 Å². The Morgan fingerprint density at radius 2 is 0.842 bits per heavy atom. The minimum Gasteiger partial charge on any atom is -0.456 e. The van der Waals surface area contributed by atoms with Gasteiger partial charge in [0.05, 0.1) is 16.7 Å². The molecule has 0 unspecified atom stereocenters. The van der Waals surface area contributed by atoms with E-state index in [2.05, 4.69) is 4.74 Å². The summed E-state index contributed by atoms with van der Waals surface area (Å²) in [6.07, 6.45) is -22.0. The maximum absolute atomic E-state index is 14.1. The van der Waals surface area contributed by atoms with E-state index in [9.17, 15) is 52.7 Å². The van der Waals surface area contributed by atoms with Crippen LogP contribution in [0.1, 0.15) is 22.3 Å². The fourth-order valence-corrected chi connectivity index (χ4v) is 3.19. The lowest BCUT2D eigenvalue weighted by Crippen LogP contribution is -2.17. The van der Waals surface area contributed by atoms with Gasteiger partial charge >= 0.3 is 24.7 Å². The number of ether oxygens (including phenoxy) is 2. The fourth-order valence-electron chi connectivity index (χ4n) is 3.19. The Labute approximate surface area is 204 Å². The van der Waals surface area contributed by atoms with Gasteiger partial charge in [-0.1, -0.05) is 0 Å². The van der Waals surface area contributed by atoms with Crippen LogP contribution in [0.2, 0.25) is 0 Å².